The van der Waals surface area contributed by atoms with Gasteiger partial charge in [-0.05, 0) is 64.5 Å². The third-order valence-electron chi connectivity index (χ3n) is 3.84. The molecule has 0 aromatic heterocycles. The lowest BCUT2D eigenvalue weighted by Crippen LogP contribution is -2.58. The summed E-state index contributed by atoms with van der Waals surface area (Å²) in [6.07, 6.45) is 3.52. The second kappa shape index (κ2) is 4.58. The van der Waals surface area contributed by atoms with Crippen LogP contribution in [0.4, 0.5) is 5.69 Å². The van der Waals surface area contributed by atoms with Crippen LogP contribution < -0.4 is 11.1 Å². The van der Waals surface area contributed by atoms with Crippen LogP contribution in [0.15, 0.2) is 24.3 Å². The second-order valence-corrected chi connectivity index (χ2v) is 7.07. The van der Waals surface area contributed by atoms with Gasteiger partial charge < -0.3 is 11.1 Å². The van der Waals surface area contributed by atoms with Gasteiger partial charge >= 0.3 is 0 Å². The number of nitrogen functional groups attached to an aromatic ring is 1. The summed E-state index contributed by atoms with van der Waals surface area (Å²) in [6, 6.07) is 8.27. The van der Waals surface area contributed by atoms with Gasteiger partial charge in [0, 0.05) is 16.8 Å². The minimum atomic E-state index is 0.218. The topological polar surface area (TPSA) is 38.0 Å². The van der Waals surface area contributed by atoms with Crippen LogP contribution in [0.3, 0.4) is 0 Å². The molecule has 1 saturated heterocycles. The molecule has 3 N–H and O–H groups in total. The maximum atomic E-state index is 6.06. The zero-order valence-electron chi connectivity index (χ0n) is 12.1. The molecule has 0 bridgehead atoms. The SMILES string of the molecule is CC1(C)CC(Cc2ccccc2N)CC(C)(C)N1. The molecule has 0 spiro atoms. The minimum Gasteiger partial charge on any atom is -0.399 e. The molecular weight excluding hydrogens is 220 g/mol. The Morgan fingerprint density at radius 1 is 1.11 bits per heavy atom. The summed E-state index contributed by atoms with van der Waals surface area (Å²) in [6.45, 7) is 9.20. The number of nitrogens with one attached hydrogen (secondary N) is 1. The normalized spacial score (nSPS) is 22.9. The molecule has 0 saturated carbocycles. The quantitative estimate of drug-likeness (QED) is 0.785. The van der Waals surface area contributed by atoms with E-state index in [1.165, 1.54) is 18.4 Å². The van der Waals surface area contributed by atoms with E-state index in [0.29, 0.717) is 5.92 Å². The first-order valence-electron chi connectivity index (χ1n) is 6.90. The van der Waals surface area contributed by atoms with E-state index in [4.69, 9.17) is 5.73 Å². The molecule has 1 aromatic carbocycles. The van der Waals surface area contributed by atoms with Crippen molar-refractivity contribution in [2.24, 2.45) is 5.92 Å². The highest BCUT2D eigenvalue weighted by molar-refractivity contribution is 5.46. The minimum absolute atomic E-state index is 0.218. The number of hydrogen-bond acceptors (Lipinski definition) is 2. The van der Waals surface area contributed by atoms with Gasteiger partial charge in [-0.2, -0.15) is 0 Å². The van der Waals surface area contributed by atoms with Gasteiger partial charge in [-0.15, -0.1) is 0 Å². The predicted molar refractivity (Wildman–Crippen MR) is 78.6 cm³/mol. The first kappa shape index (κ1) is 13.4. The number of nitrogens with two attached hydrogens (primary N) is 1. The summed E-state index contributed by atoms with van der Waals surface area (Å²) >= 11 is 0. The third-order valence-corrected chi connectivity index (χ3v) is 3.84. The molecule has 1 heterocycles. The first-order chi connectivity index (χ1) is 8.27. The van der Waals surface area contributed by atoms with Gasteiger partial charge in [0.05, 0.1) is 0 Å². The van der Waals surface area contributed by atoms with Crippen LogP contribution in [-0.2, 0) is 6.42 Å². The van der Waals surface area contributed by atoms with E-state index in [0.717, 1.165) is 12.1 Å². The molecule has 0 atom stereocenters. The Bertz CT molecular complexity index is 405. The molecule has 1 aliphatic heterocycles. The zero-order chi connectivity index (χ0) is 13.4. The average Bonchev–Trinajstić information content (AvgIpc) is 2.16. The van der Waals surface area contributed by atoms with Crippen molar-refractivity contribution < 1.29 is 0 Å². The van der Waals surface area contributed by atoms with Crippen LogP contribution in [0.1, 0.15) is 46.1 Å². The molecule has 0 amide bonds. The van der Waals surface area contributed by atoms with E-state index in [1.54, 1.807) is 0 Å². The molecule has 2 rings (SSSR count). The van der Waals surface area contributed by atoms with Gasteiger partial charge in [0.1, 0.15) is 0 Å². The maximum absolute atomic E-state index is 6.06. The van der Waals surface area contributed by atoms with Crippen molar-refractivity contribution in [2.75, 3.05) is 5.73 Å². The summed E-state index contributed by atoms with van der Waals surface area (Å²) in [7, 11) is 0. The fraction of sp³-hybridized carbons (Fsp3) is 0.625. The lowest BCUT2D eigenvalue weighted by Gasteiger charge is -2.46. The fourth-order valence-corrected chi connectivity index (χ4v) is 3.71. The van der Waals surface area contributed by atoms with Gasteiger partial charge in [-0.1, -0.05) is 18.2 Å². The first-order valence-corrected chi connectivity index (χ1v) is 6.90. The fourth-order valence-electron chi connectivity index (χ4n) is 3.71. The lowest BCUT2D eigenvalue weighted by atomic mass is 9.73. The molecule has 1 aromatic rings. The number of benzene rings is 1. The van der Waals surface area contributed by atoms with Crippen molar-refractivity contribution in [1.82, 2.24) is 5.32 Å². The molecule has 0 aliphatic carbocycles. The number of hydrogen-bond donors (Lipinski definition) is 2. The summed E-state index contributed by atoms with van der Waals surface area (Å²) in [5.41, 5.74) is 8.73. The molecule has 18 heavy (non-hydrogen) atoms. The Morgan fingerprint density at radius 2 is 1.67 bits per heavy atom. The monoisotopic (exact) mass is 246 g/mol. The van der Waals surface area contributed by atoms with Crippen LogP contribution in [0, 0.1) is 5.92 Å². The highest BCUT2D eigenvalue weighted by Gasteiger charge is 2.37. The van der Waals surface area contributed by atoms with Crippen molar-refractivity contribution in [2.45, 2.75) is 58.0 Å². The number of anilines is 1. The van der Waals surface area contributed by atoms with Crippen LogP contribution in [0.25, 0.3) is 0 Å². The van der Waals surface area contributed by atoms with E-state index in [9.17, 15) is 0 Å². The molecule has 100 valence electrons. The molecule has 0 radical (unpaired) electrons. The number of para-hydroxylation sites is 1. The molecular formula is C16H26N2. The summed E-state index contributed by atoms with van der Waals surface area (Å²) in [4.78, 5) is 0. The van der Waals surface area contributed by atoms with E-state index in [1.807, 2.05) is 12.1 Å². The zero-order valence-corrected chi connectivity index (χ0v) is 12.1. The second-order valence-electron chi connectivity index (χ2n) is 7.07. The van der Waals surface area contributed by atoms with Gasteiger partial charge in [0.2, 0.25) is 0 Å². The highest BCUT2D eigenvalue weighted by Crippen LogP contribution is 2.35. The van der Waals surface area contributed by atoms with Gasteiger partial charge in [-0.25, -0.2) is 0 Å². The van der Waals surface area contributed by atoms with E-state index < -0.39 is 0 Å². The molecule has 1 aliphatic rings. The van der Waals surface area contributed by atoms with E-state index in [-0.39, 0.29) is 11.1 Å². The summed E-state index contributed by atoms with van der Waals surface area (Å²) in [5, 5.41) is 3.73. The van der Waals surface area contributed by atoms with Crippen molar-refractivity contribution >= 4 is 5.69 Å². The predicted octanol–water partition coefficient (Wildman–Crippen LogP) is 3.37. The van der Waals surface area contributed by atoms with Crippen molar-refractivity contribution in [3.8, 4) is 0 Å². The van der Waals surface area contributed by atoms with Crippen molar-refractivity contribution in [3.05, 3.63) is 29.8 Å². The Labute approximate surface area is 111 Å². The summed E-state index contributed by atoms with van der Waals surface area (Å²) < 4.78 is 0. The number of piperidine rings is 1. The van der Waals surface area contributed by atoms with E-state index in [2.05, 4.69) is 45.1 Å². The Kier molecular flexibility index (Phi) is 3.41. The van der Waals surface area contributed by atoms with Crippen LogP contribution in [0.2, 0.25) is 0 Å². The molecule has 2 nitrogen and oxygen atoms in total. The smallest absolute Gasteiger partial charge is 0.0346 e. The largest absolute Gasteiger partial charge is 0.399 e. The van der Waals surface area contributed by atoms with Gasteiger partial charge in [0.25, 0.3) is 0 Å². The molecule has 2 heteroatoms. The average molecular weight is 246 g/mol. The lowest BCUT2D eigenvalue weighted by molar-refractivity contribution is 0.128. The summed E-state index contributed by atoms with van der Waals surface area (Å²) in [5.74, 6) is 0.709. The Balaban J connectivity index is 2.12. The van der Waals surface area contributed by atoms with Crippen LogP contribution in [0.5, 0.6) is 0 Å². The Hall–Kier alpha value is -1.02. The Morgan fingerprint density at radius 3 is 2.22 bits per heavy atom. The van der Waals surface area contributed by atoms with Gasteiger partial charge in [-0.3, -0.25) is 0 Å². The standard InChI is InChI=1S/C16H26N2/c1-15(2)10-12(11-16(3,4)18-15)9-13-7-5-6-8-14(13)17/h5-8,12,18H,9-11,17H2,1-4H3. The maximum Gasteiger partial charge on any atom is 0.0346 e. The molecule has 0 unspecified atom stereocenters. The van der Waals surface area contributed by atoms with Crippen LogP contribution >= 0.6 is 0 Å². The van der Waals surface area contributed by atoms with Crippen molar-refractivity contribution in [3.63, 3.8) is 0 Å². The molecule has 1 fully saturated rings. The van der Waals surface area contributed by atoms with Gasteiger partial charge in [0.15, 0.2) is 0 Å². The highest BCUT2D eigenvalue weighted by atomic mass is 15.0. The van der Waals surface area contributed by atoms with Crippen LogP contribution in [-0.4, -0.2) is 11.1 Å². The van der Waals surface area contributed by atoms with Crippen molar-refractivity contribution in [1.29, 1.82) is 0 Å². The number of rotatable bonds is 2. The van der Waals surface area contributed by atoms with E-state index >= 15 is 0 Å². The third kappa shape index (κ3) is 3.26.